The van der Waals surface area contributed by atoms with Crippen LogP contribution in [0.5, 0.6) is 11.5 Å². The number of benzene rings is 2. The number of nitrogens with one attached hydrogen (secondary N) is 2. The second-order valence-electron chi connectivity index (χ2n) is 6.61. The van der Waals surface area contributed by atoms with Crippen LogP contribution in [0.1, 0.15) is 18.1 Å². The average Bonchev–Trinajstić information content (AvgIpc) is 2.72. The van der Waals surface area contributed by atoms with Gasteiger partial charge < -0.3 is 25.3 Å². The quantitative estimate of drug-likeness (QED) is 0.117. The first-order chi connectivity index (χ1) is 14.4. The van der Waals surface area contributed by atoms with Crippen molar-refractivity contribution in [3.8, 4) is 24.0 Å². The van der Waals surface area contributed by atoms with Crippen LogP contribution in [0.15, 0.2) is 59.4 Å². The van der Waals surface area contributed by atoms with Crippen molar-refractivity contribution in [2.45, 2.75) is 26.3 Å². The summed E-state index contributed by atoms with van der Waals surface area (Å²) >= 11 is 4.22. The van der Waals surface area contributed by atoms with E-state index in [0.29, 0.717) is 22.9 Å². The van der Waals surface area contributed by atoms with Crippen LogP contribution in [0, 0.1) is 19.4 Å². The molecule has 0 fully saturated rings. The summed E-state index contributed by atoms with van der Waals surface area (Å²) in [5.41, 5.74) is 3.30. The average molecular weight is 424 g/mol. The summed E-state index contributed by atoms with van der Waals surface area (Å²) in [5.74, 6) is 0.816. The van der Waals surface area contributed by atoms with E-state index in [9.17, 15) is 9.90 Å². The predicted molar refractivity (Wildman–Crippen MR) is 123 cm³/mol. The van der Waals surface area contributed by atoms with Gasteiger partial charge in [0.05, 0.1) is 22.5 Å². The van der Waals surface area contributed by atoms with Gasteiger partial charge in [0.1, 0.15) is 24.4 Å². The van der Waals surface area contributed by atoms with Gasteiger partial charge in [-0.05, 0) is 49.6 Å². The van der Waals surface area contributed by atoms with E-state index < -0.39 is 6.04 Å². The number of ether oxygens (including phenoxy) is 1. The van der Waals surface area contributed by atoms with Crippen LogP contribution in [0.2, 0.25) is 0 Å². The van der Waals surface area contributed by atoms with Gasteiger partial charge in [-0.15, -0.1) is 12.6 Å². The van der Waals surface area contributed by atoms with Gasteiger partial charge in [-0.25, -0.2) is 4.99 Å². The molecule has 156 valence electrons. The van der Waals surface area contributed by atoms with Crippen LogP contribution in [0.4, 0.5) is 5.69 Å². The number of aliphatic imine (C=N–C) groups is 1. The van der Waals surface area contributed by atoms with E-state index in [1.165, 1.54) is 0 Å². The number of aromatic hydroxyl groups is 1. The zero-order chi connectivity index (χ0) is 21.9. The van der Waals surface area contributed by atoms with E-state index in [4.69, 9.17) is 11.2 Å². The van der Waals surface area contributed by atoms with E-state index in [0.717, 1.165) is 23.1 Å². The molecule has 0 aliphatic carbocycles. The fraction of sp³-hybridized carbons (Fsp3) is 0.217. The second-order valence-corrected chi connectivity index (χ2v) is 7.26. The molecule has 3 N–H and O–H groups in total. The third kappa shape index (κ3) is 7.57. The molecule has 30 heavy (non-hydrogen) atoms. The molecule has 6 nitrogen and oxygen atoms in total. The number of terminal acetylenes is 1. The maximum absolute atomic E-state index is 11.4. The summed E-state index contributed by atoms with van der Waals surface area (Å²) in [6, 6.07) is 14.2. The van der Waals surface area contributed by atoms with Crippen molar-refractivity contribution in [1.29, 1.82) is 0 Å². The normalized spacial score (nSPS) is 12.6. The van der Waals surface area contributed by atoms with Gasteiger partial charge in [0.2, 0.25) is 0 Å². The fourth-order valence-electron chi connectivity index (χ4n) is 2.58. The minimum absolute atomic E-state index is 0.175. The van der Waals surface area contributed by atoms with Crippen molar-refractivity contribution in [2.75, 3.05) is 6.61 Å². The van der Waals surface area contributed by atoms with Crippen LogP contribution in [-0.2, 0) is 11.2 Å². The Kier molecular flexibility index (Phi) is 8.85. The van der Waals surface area contributed by atoms with Gasteiger partial charge in [0.25, 0.3) is 0 Å². The van der Waals surface area contributed by atoms with Gasteiger partial charge in [-0.1, -0.05) is 24.6 Å². The number of carbonyl (C=O) groups is 1. The summed E-state index contributed by atoms with van der Waals surface area (Å²) in [6.45, 7) is 3.94. The molecule has 0 radical (unpaired) electrons. The van der Waals surface area contributed by atoms with Crippen LogP contribution < -0.4 is 15.4 Å². The van der Waals surface area contributed by atoms with Crippen molar-refractivity contribution < 1.29 is 14.6 Å². The van der Waals surface area contributed by atoms with Gasteiger partial charge in [0.15, 0.2) is 0 Å². The van der Waals surface area contributed by atoms with E-state index in [1.807, 2.05) is 25.1 Å². The van der Waals surface area contributed by atoms with Crippen molar-refractivity contribution >= 4 is 29.6 Å². The Balaban J connectivity index is 2.03. The van der Waals surface area contributed by atoms with Crippen LogP contribution in [0.3, 0.4) is 0 Å². The maximum atomic E-state index is 11.4. The van der Waals surface area contributed by atoms with Gasteiger partial charge >= 0.3 is 0 Å². The molecule has 0 heterocycles. The summed E-state index contributed by atoms with van der Waals surface area (Å²) in [7, 11) is 0. The zero-order valence-corrected chi connectivity index (χ0v) is 17.8. The molecular weight excluding hydrogens is 398 g/mol. The largest absolute Gasteiger partial charge is 0.508 e. The van der Waals surface area contributed by atoms with Gasteiger partial charge in [-0.2, -0.15) is 0 Å². The lowest BCUT2D eigenvalue weighted by molar-refractivity contribution is -0.109. The maximum Gasteiger partial charge on any atom is 0.142 e. The van der Waals surface area contributed by atoms with Crippen LogP contribution >= 0.6 is 12.6 Å². The summed E-state index contributed by atoms with van der Waals surface area (Å²) in [5, 5.41) is 15.8. The topological polar surface area (TPSA) is 83.0 Å². The number of phenolic OH excluding ortho intramolecular Hbond substituents is 1. The molecule has 2 rings (SSSR count). The minimum atomic E-state index is -0.456. The smallest absolute Gasteiger partial charge is 0.142 e. The standard InChI is InChI=1S/C23H25N3O3S/c1-4-24-20(13-25-19(14-27)11-18-6-8-21(28)9-7-18)15-29-22-10-5-16(2)23(12-22)26-17(3)30/h1,5-10,12-14,19,24-25,28H,11,15H2,2-3H3,(H,26,30)/b20-13-. The Morgan fingerprint density at radius 2 is 2.07 bits per heavy atom. The molecule has 0 aromatic heterocycles. The molecule has 0 saturated carbocycles. The zero-order valence-electron chi connectivity index (χ0n) is 16.9. The molecule has 1 unspecified atom stereocenters. The molecular formula is C23H25N3O3S. The SMILES string of the molecule is C#CN/C(=C\NC(C=O)Cc1ccc(O)cc1)COc1ccc(C)c(/N=C(\C)S)c1. The first-order valence-electron chi connectivity index (χ1n) is 9.29. The number of rotatable bonds is 10. The molecule has 0 spiro atoms. The highest BCUT2D eigenvalue weighted by molar-refractivity contribution is 7.96. The fourth-order valence-corrected chi connectivity index (χ4v) is 2.69. The molecule has 7 heteroatoms. The highest BCUT2D eigenvalue weighted by Crippen LogP contribution is 2.25. The molecule has 0 aliphatic heterocycles. The Hall–Kier alpha value is -3.37. The molecule has 0 amide bonds. The summed E-state index contributed by atoms with van der Waals surface area (Å²) in [4.78, 5) is 15.8. The number of carbonyl (C=O) groups excluding carboxylic acids is 1. The molecule has 1 atom stereocenters. The highest BCUT2D eigenvalue weighted by Gasteiger charge is 2.08. The number of hydrogen-bond donors (Lipinski definition) is 4. The van der Waals surface area contributed by atoms with E-state index in [1.54, 1.807) is 37.4 Å². The molecule has 2 aromatic carbocycles. The van der Waals surface area contributed by atoms with Crippen LogP contribution in [0.25, 0.3) is 0 Å². The third-order valence-electron chi connectivity index (χ3n) is 4.12. The van der Waals surface area contributed by atoms with E-state index in [2.05, 4.69) is 34.3 Å². The number of phenols is 1. The lowest BCUT2D eigenvalue weighted by Crippen LogP contribution is -2.30. The molecule has 2 aromatic rings. The number of nitrogens with zero attached hydrogens (tertiary/aromatic N) is 1. The lowest BCUT2D eigenvalue weighted by atomic mass is 10.1. The van der Waals surface area contributed by atoms with Gasteiger partial charge in [-0.3, -0.25) is 0 Å². The second kappa shape index (κ2) is 11.6. The Morgan fingerprint density at radius 1 is 1.33 bits per heavy atom. The van der Waals surface area contributed by atoms with Gasteiger partial charge in [0, 0.05) is 18.3 Å². The van der Waals surface area contributed by atoms with E-state index >= 15 is 0 Å². The Morgan fingerprint density at radius 3 is 2.70 bits per heavy atom. The monoisotopic (exact) mass is 423 g/mol. The first-order valence-corrected chi connectivity index (χ1v) is 9.73. The first kappa shape index (κ1) is 22.9. The number of hydrogen-bond acceptors (Lipinski definition) is 6. The Bertz CT molecular complexity index is 959. The van der Waals surface area contributed by atoms with Crippen molar-refractivity contribution in [2.24, 2.45) is 4.99 Å². The van der Waals surface area contributed by atoms with E-state index in [-0.39, 0.29) is 12.4 Å². The molecule has 0 aliphatic rings. The number of aldehydes is 1. The summed E-state index contributed by atoms with van der Waals surface area (Å²) < 4.78 is 5.82. The number of aryl methyl sites for hydroxylation is 1. The third-order valence-corrected chi connectivity index (χ3v) is 4.22. The lowest BCUT2D eigenvalue weighted by Gasteiger charge is -2.14. The summed E-state index contributed by atoms with van der Waals surface area (Å²) in [6.07, 6.45) is 8.28. The molecule has 0 bridgehead atoms. The minimum Gasteiger partial charge on any atom is -0.508 e. The van der Waals surface area contributed by atoms with Crippen molar-refractivity contribution in [3.05, 3.63) is 65.5 Å². The molecule has 0 saturated heterocycles. The Labute approximate surface area is 182 Å². The highest BCUT2D eigenvalue weighted by atomic mass is 32.1. The van der Waals surface area contributed by atoms with Crippen molar-refractivity contribution in [3.63, 3.8) is 0 Å². The number of thiol groups is 1. The van der Waals surface area contributed by atoms with Crippen molar-refractivity contribution in [1.82, 2.24) is 10.6 Å². The predicted octanol–water partition coefficient (Wildman–Crippen LogP) is 3.48. The van der Waals surface area contributed by atoms with Crippen LogP contribution in [-0.4, -0.2) is 29.1 Å².